The number of aromatic nitrogens is 3. The molecule has 1 aromatic carbocycles. The van der Waals surface area contributed by atoms with Crippen LogP contribution in [0.4, 0.5) is 5.82 Å². The van der Waals surface area contributed by atoms with E-state index in [9.17, 15) is 5.11 Å². The Bertz CT molecular complexity index is 841. The first-order chi connectivity index (χ1) is 10.7. The van der Waals surface area contributed by atoms with Crippen LogP contribution in [0.3, 0.4) is 0 Å². The molecule has 0 aliphatic heterocycles. The van der Waals surface area contributed by atoms with E-state index in [-0.39, 0.29) is 5.75 Å². The number of rotatable bonds is 4. The molecular formula is C16H17BN4O. The smallest absolute Gasteiger partial charge is 0.151 e. The van der Waals surface area contributed by atoms with Crippen LogP contribution in [0.15, 0.2) is 36.5 Å². The predicted octanol–water partition coefficient (Wildman–Crippen LogP) is 1.18. The Kier molecular flexibility index (Phi) is 3.03. The standard InChI is InChI=1S/C16H17BN4O/c17-12-9-19-21-15(18-8-10-5-6-10)7-13(20-16(12)21)11-3-1-2-4-14(11)22/h1-4,7,9-10,18,22H,5-6,8,17H2. The average molecular weight is 292 g/mol. The molecule has 0 bridgehead atoms. The Hall–Kier alpha value is -2.50. The zero-order valence-electron chi connectivity index (χ0n) is 12.5. The summed E-state index contributed by atoms with van der Waals surface area (Å²) in [4.78, 5) is 4.67. The third kappa shape index (κ3) is 2.30. The highest BCUT2D eigenvalue weighted by Crippen LogP contribution is 2.31. The van der Waals surface area contributed by atoms with Crippen molar-refractivity contribution in [2.45, 2.75) is 12.8 Å². The van der Waals surface area contributed by atoms with E-state index < -0.39 is 0 Å². The Morgan fingerprint density at radius 2 is 2.14 bits per heavy atom. The maximum Gasteiger partial charge on any atom is 0.151 e. The molecule has 1 fully saturated rings. The molecule has 0 radical (unpaired) electrons. The number of aromatic hydroxyl groups is 1. The van der Waals surface area contributed by atoms with E-state index in [1.54, 1.807) is 6.07 Å². The number of hydrogen-bond acceptors (Lipinski definition) is 4. The van der Waals surface area contributed by atoms with E-state index in [2.05, 4.69) is 15.4 Å². The van der Waals surface area contributed by atoms with Crippen molar-refractivity contribution in [1.29, 1.82) is 0 Å². The number of benzene rings is 1. The first-order valence-electron chi connectivity index (χ1n) is 7.60. The van der Waals surface area contributed by atoms with Gasteiger partial charge in [0.15, 0.2) is 5.65 Å². The van der Waals surface area contributed by atoms with Gasteiger partial charge in [0.25, 0.3) is 0 Å². The third-order valence-corrected chi connectivity index (χ3v) is 4.10. The minimum atomic E-state index is 0.240. The van der Waals surface area contributed by atoms with Gasteiger partial charge in [-0.15, -0.1) is 0 Å². The van der Waals surface area contributed by atoms with Gasteiger partial charge in [-0.2, -0.15) is 9.61 Å². The van der Waals surface area contributed by atoms with Crippen molar-refractivity contribution in [3.05, 3.63) is 36.5 Å². The maximum absolute atomic E-state index is 10.1. The van der Waals surface area contributed by atoms with Crippen LogP contribution < -0.4 is 10.8 Å². The van der Waals surface area contributed by atoms with Gasteiger partial charge in [-0.3, -0.25) is 0 Å². The van der Waals surface area contributed by atoms with Gasteiger partial charge in [0.1, 0.15) is 19.4 Å². The van der Waals surface area contributed by atoms with Crippen molar-refractivity contribution >= 4 is 24.8 Å². The molecule has 5 nitrogen and oxygen atoms in total. The maximum atomic E-state index is 10.1. The summed E-state index contributed by atoms with van der Waals surface area (Å²) in [7, 11) is 1.99. The van der Waals surface area contributed by atoms with E-state index in [0.717, 1.165) is 40.6 Å². The quantitative estimate of drug-likeness (QED) is 0.709. The normalized spacial score (nSPS) is 14.4. The molecule has 1 aliphatic rings. The molecule has 0 spiro atoms. The number of fused-ring (bicyclic) bond motifs is 1. The molecule has 0 saturated heterocycles. The van der Waals surface area contributed by atoms with Crippen molar-refractivity contribution in [3.8, 4) is 17.0 Å². The number of nitrogens with zero attached hydrogens (tertiary/aromatic N) is 3. The lowest BCUT2D eigenvalue weighted by molar-refractivity contribution is 0.477. The van der Waals surface area contributed by atoms with E-state index >= 15 is 0 Å². The number of para-hydroxylation sites is 1. The Morgan fingerprint density at radius 3 is 2.91 bits per heavy atom. The molecule has 22 heavy (non-hydrogen) atoms. The lowest BCUT2D eigenvalue weighted by atomic mass is 10.0. The van der Waals surface area contributed by atoms with Crippen molar-refractivity contribution < 1.29 is 5.11 Å². The summed E-state index contributed by atoms with van der Waals surface area (Å²) in [6, 6.07) is 9.23. The van der Waals surface area contributed by atoms with Gasteiger partial charge < -0.3 is 10.4 Å². The zero-order valence-corrected chi connectivity index (χ0v) is 12.5. The van der Waals surface area contributed by atoms with Crippen molar-refractivity contribution in [2.75, 3.05) is 11.9 Å². The second-order valence-electron chi connectivity index (χ2n) is 5.93. The fourth-order valence-electron chi connectivity index (χ4n) is 2.60. The Labute approximate surface area is 129 Å². The fourth-order valence-corrected chi connectivity index (χ4v) is 2.60. The Balaban J connectivity index is 1.84. The van der Waals surface area contributed by atoms with E-state index in [1.165, 1.54) is 12.8 Å². The van der Waals surface area contributed by atoms with Gasteiger partial charge >= 0.3 is 0 Å². The fraction of sp³-hybridized carbons (Fsp3) is 0.250. The van der Waals surface area contributed by atoms with E-state index in [1.807, 2.05) is 42.8 Å². The topological polar surface area (TPSA) is 62.5 Å². The molecule has 1 saturated carbocycles. The van der Waals surface area contributed by atoms with Gasteiger partial charge in [0, 0.05) is 24.4 Å². The number of phenols is 1. The largest absolute Gasteiger partial charge is 0.507 e. The summed E-state index contributed by atoms with van der Waals surface area (Å²) in [5.41, 5.74) is 3.33. The molecule has 2 N–H and O–H groups in total. The van der Waals surface area contributed by atoms with Gasteiger partial charge in [-0.1, -0.05) is 12.1 Å². The van der Waals surface area contributed by atoms with Crippen LogP contribution in [-0.2, 0) is 0 Å². The zero-order chi connectivity index (χ0) is 15.1. The third-order valence-electron chi connectivity index (χ3n) is 4.10. The summed E-state index contributed by atoms with van der Waals surface area (Å²) >= 11 is 0. The highest BCUT2D eigenvalue weighted by molar-refractivity contribution is 6.36. The molecule has 6 heteroatoms. The lowest BCUT2D eigenvalue weighted by Gasteiger charge is -2.11. The predicted molar refractivity (Wildman–Crippen MR) is 89.5 cm³/mol. The molecule has 110 valence electrons. The van der Waals surface area contributed by atoms with Gasteiger partial charge in [-0.05, 0) is 36.4 Å². The van der Waals surface area contributed by atoms with Crippen LogP contribution in [0.1, 0.15) is 12.8 Å². The molecule has 4 rings (SSSR count). The van der Waals surface area contributed by atoms with Gasteiger partial charge in [0.2, 0.25) is 0 Å². The SMILES string of the molecule is Bc1cnn2c(NCC3CC3)cc(-c3ccccc3O)nc12. The molecule has 2 heterocycles. The number of nitrogens with one attached hydrogen (secondary N) is 1. The van der Waals surface area contributed by atoms with Crippen LogP contribution >= 0.6 is 0 Å². The Morgan fingerprint density at radius 1 is 1.32 bits per heavy atom. The van der Waals surface area contributed by atoms with Crippen molar-refractivity contribution in [3.63, 3.8) is 0 Å². The van der Waals surface area contributed by atoms with Crippen LogP contribution in [0.25, 0.3) is 16.9 Å². The second-order valence-corrected chi connectivity index (χ2v) is 5.93. The highest BCUT2D eigenvalue weighted by Gasteiger charge is 2.21. The molecule has 1 aliphatic carbocycles. The van der Waals surface area contributed by atoms with Crippen LogP contribution in [0.2, 0.25) is 0 Å². The summed E-state index contributed by atoms with van der Waals surface area (Å²) in [6.07, 6.45) is 4.41. The average Bonchev–Trinajstić information content (AvgIpc) is 3.28. The summed E-state index contributed by atoms with van der Waals surface area (Å²) < 4.78 is 1.83. The number of hydrogen-bond donors (Lipinski definition) is 2. The van der Waals surface area contributed by atoms with Crippen LogP contribution in [0.5, 0.6) is 5.75 Å². The van der Waals surface area contributed by atoms with Gasteiger partial charge in [-0.25, -0.2) is 4.98 Å². The lowest BCUT2D eigenvalue weighted by Crippen LogP contribution is -2.11. The molecule has 3 aromatic rings. The first-order valence-corrected chi connectivity index (χ1v) is 7.60. The minimum Gasteiger partial charge on any atom is -0.507 e. The molecule has 0 amide bonds. The highest BCUT2D eigenvalue weighted by atomic mass is 16.3. The molecule has 0 atom stereocenters. The van der Waals surface area contributed by atoms with Crippen molar-refractivity contribution in [1.82, 2.24) is 14.6 Å². The first kappa shape index (κ1) is 13.2. The summed E-state index contributed by atoms with van der Waals surface area (Å²) in [5, 5.41) is 18.0. The van der Waals surface area contributed by atoms with E-state index in [4.69, 9.17) is 0 Å². The number of anilines is 1. The monoisotopic (exact) mass is 292 g/mol. The molecular weight excluding hydrogens is 275 g/mol. The van der Waals surface area contributed by atoms with Gasteiger partial charge in [0.05, 0.1) is 5.69 Å². The van der Waals surface area contributed by atoms with Crippen LogP contribution in [0, 0.1) is 5.92 Å². The molecule has 2 aromatic heterocycles. The summed E-state index contributed by atoms with van der Waals surface area (Å²) in [5.74, 6) is 1.93. The van der Waals surface area contributed by atoms with Crippen molar-refractivity contribution in [2.24, 2.45) is 5.92 Å². The second kappa shape index (κ2) is 5.05. The number of phenolic OH excluding ortho intramolecular Hbond substituents is 1. The molecule has 0 unspecified atom stereocenters. The minimum absolute atomic E-state index is 0.240. The van der Waals surface area contributed by atoms with E-state index in [0.29, 0.717) is 0 Å². The summed E-state index contributed by atoms with van der Waals surface area (Å²) in [6.45, 7) is 0.957. The van der Waals surface area contributed by atoms with Crippen LogP contribution in [-0.4, -0.2) is 34.1 Å².